The van der Waals surface area contributed by atoms with Crippen molar-refractivity contribution in [1.29, 1.82) is 0 Å². The van der Waals surface area contributed by atoms with Gasteiger partial charge in [-0.3, -0.25) is 4.40 Å². The van der Waals surface area contributed by atoms with Gasteiger partial charge in [-0.25, -0.2) is 14.8 Å². The minimum Gasteiger partial charge on any atom is -0.406 e. The fourth-order valence-electron chi connectivity index (χ4n) is 2.91. The molecular weight excluding hydrogens is 411 g/mol. The number of hydrogen-bond acceptors (Lipinski definition) is 4. The topological polar surface area (TPSA) is 80.5 Å². The third kappa shape index (κ3) is 4.92. The molecule has 2 N–H and O–H groups in total. The normalized spacial score (nSPS) is 11.4. The molecule has 0 unspecified atom stereocenters. The monoisotopic (exact) mass is 427 g/mol. The number of fused-ring (bicyclic) bond motifs is 1. The van der Waals surface area contributed by atoms with Crippen LogP contribution in [0.4, 0.5) is 29.3 Å². The number of urea groups is 1. The zero-order valence-electron chi connectivity index (χ0n) is 16.1. The van der Waals surface area contributed by atoms with Crippen LogP contribution in [0.5, 0.6) is 5.75 Å². The fraction of sp³-hybridized carbons (Fsp3) is 0.0952. The summed E-state index contributed by atoms with van der Waals surface area (Å²) in [5.41, 5.74) is 3.20. The minimum absolute atomic E-state index is 0.312. The number of aromatic nitrogens is 3. The SMILES string of the molecule is Cc1ccc(-c2cn3cccnc3n2)cc1NC(=O)Nc1ccc(OC(F)(F)F)cc1. The van der Waals surface area contributed by atoms with Gasteiger partial charge in [0.05, 0.1) is 5.69 Å². The van der Waals surface area contributed by atoms with Crippen molar-refractivity contribution in [3.63, 3.8) is 0 Å². The molecule has 7 nitrogen and oxygen atoms in total. The summed E-state index contributed by atoms with van der Waals surface area (Å²) in [5.74, 6) is 0.187. The molecule has 2 aromatic carbocycles. The van der Waals surface area contributed by atoms with Crippen molar-refractivity contribution in [2.75, 3.05) is 10.6 Å². The van der Waals surface area contributed by atoms with E-state index < -0.39 is 12.4 Å². The Kier molecular flexibility index (Phi) is 5.20. The quantitative estimate of drug-likeness (QED) is 0.466. The van der Waals surface area contributed by atoms with Crippen molar-refractivity contribution in [2.45, 2.75) is 13.3 Å². The number of imidazole rings is 1. The molecular formula is C21H16F3N5O2. The number of halogens is 3. The van der Waals surface area contributed by atoms with E-state index in [2.05, 4.69) is 25.3 Å². The number of alkyl halides is 3. The van der Waals surface area contributed by atoms with E-state index in [1.54, 1.807) is 22.7 Å². The molecule has 0 aliphatic rings. The zero-order chi connectivity index (χ0) is 22.0. The van der Waals surface area contributed by atoms with Crippen molar-refractivity contribution >= 4 is 23.2 Å². The molecule has 4 rings (SSSR count). The highest BCUT2D eigenvalue weighted by Gasteiger charge is 2.30. The van der Waals surface area contributed by atoms with Crippen LogP contribution in [0.1, 0.15) is 5.56 Å². The summed E-state index contributed by atoms with van der Waals surface area (Å²) in [5, 5.41) is 5.32. The van der Waals surface area contributed by atoms with Crippen molar-refractivity contribution in [3.8, 4) is 17.0 Å². The molecule has 0 radical (unpaired) electrons. The van der Waals surface area contributed by atoms with Crippen molar-refractivity contribution < 1.29 is 22.7 Å². The zero-order valence-corrected chi connectivity index (χ0v) is 16.1. The van der Waals surface area contributed by atoms with Gasteiger partial charge < -0.3 is 15.4 Å². The highest BCUT2D eigenvalue weighted by Crippen LogP contribution is 2.26. The standard InChI is InChI=1S/C21H16F3N5O2/c1-13-3-4-14(18-12-29-10-2-9-25-19(29)27-18)11-17(13)28-20(30)26-15-5-7-16(8-6-15)31-21(22,23)24/h2-12H,1H3,(H2,26,28,30). The van der Waals surface area contributed by atoms with E-state index in [4.69, 9.17) is 0 Å². The lowest BCUT2D eigenvalue weighted by Gasteiger charge is -2.12. The van der Waals surface area contributed by atoms with E-state index in [1.165, 1.54) is 12.1 Å². The van der Waals surface area contributed by atoms with E-state index in [-0.39, 0.29) is 5.75 Å². The lowest BCUT2D eigenvalue weighted by Crippen LogP contribution is -2.20. The Labute approximate surface area is 174 Å². The first-order valence-corrected chi connectivity index (χ1v) is 9.11. The molecule has 2 amide bonds. The van der Waals surface area contributed by atoms with Gasteiger partial charge in [0, 0.05) is 35.5 Å². The van der Waals surface area contributed by atoms with Gasteiger partial charge in [0.25, 0.3) is 0 Å². The average molecular weight is 427 g/mol. The molecule has 0 bridgehead atoms. The molecule has 0 saturated heterocycles. The van der Waals surface area contributed by atoms with E-state index in [0.717, 1.165) is 23.3 Å². The fourth-order valence-corrected chi connectivity index (χ4v) is 2.91. The summed E-state index contributed by atoms with van der Waals surface area (Å²) in [6, 6.07) is 11.6. The van der Waals surface area contributed by atoms with Gasteiger partial charge in [0.15, 0.2) is 0 Å². The van der Waals surface area contributed by atoms with Gasteiger partial charge >= 0.3 is 12.4 Å². The largest absolute Gasteiger partial charge is 0.573 e. The van der Waals surface area contributed by atoms with Crippen LogP contribution in [-0.2, 0) is 0 Å². The van der Waals surface area contributed by atoms with E-state index >= 15 is 0 Å². The molecule has 2 aromatic heterocycles. The van der Waals surface area contributed by atoms with Crippen molar-refractivity contribution in [2.24, 2.45) is 0 Å². The van der Waals surface area contributed by atoms with E-state index in [1.807, 2.05) is 31.5 Å². The molecule has 0 spiro atoms. The highest BCUT2D eigenvalue weighted by molar-refractivity contribution is 6.00. The first-order chi connectivity index (χ1) is 14.8. The molecule has 0 atom stereocenters. The smallest absolute Gasteiger partial charge is 0.406 e. The van der Waals surface area contributed by atoms with Crippen LogP contribution in [0.2, 0.25) is 0 Å². The number of amides is 2. The second kappa shape index (κ2) is 7.98. The molecule has 0 saturated carbocycles. The third-order valence-corrected chi connectivity index (χ3v) is 4.36. The number of nitrogens with zero attached hydrogens (tertiary/aromatic N) is 3. The Morgan fingerprint density at radius 1 is 1.10 bits per heavy atom. The molecule has 0 aliphatic carbocycles. The Morgan fingerprint density at radius 2 is 1.87 bits per heavy atom. The van der Waals surface area contributed by atoms with Crippen LogP contribution in [0.25, 0.3) is 17.0 Å². The average Bonchev–Trinajstić information content (AvgIpc) is 3.14. The number of aryl methyl sites for hydroxylation is 1. The van der Waals surface area contributed by atoms with E-state index in [0.29, 0.717) is 22.8 Å². The summed E-state index contributed by atoms with van der Waals surface area (Å²) < 4.78 is 42.3. The van der Waals surface area contributed by atoms with Gasteiger partial charge in [0.1, 0.15) is 5.75 Å². The summed E-state index contributed by atoms with van der Waals surface area (Å²) in [7, 11) is 0. The second-order valence-corrected chi connectivity index (χ2v) is 6.63. The van der Waals surface area contributed by atoms with Crippen LogP contribution in [0, 0.1) is 6.92 Å². The van der Waals surface area contributed by atoms with Crippen LogP contribution >= 0.6 is 0 Å². The maximum Gasteiger partial charge on any atom is 0.573 e. The van der Waals surface area contributed by atoms with Gasteiger partial charge in [0.2, 0.25) is 5.78 Å². The van der Waals surface area contributed by atoms with Crippen LogP contribution in [0.15, 0.2) is 67.1 Å². The summed E-state index contributed by atoms with van der Waals surface area (Å²) in [6.45, 7) is 1.84. The molecule has 4 aromatic rings. The van der Waals surface area contributed by atoms with Crippen LogP contribution < -0.4 is 15.4 Å². The predicted molar refractivity (Wildman–Crippen MR) is 109 cm³/mol. The predicted octanol–water partition coefficient (Wildman–Crippen LogP) is 5.25. The minimum atomic E-state index is -4.77. The van der Waals surface area contributed by atoms with Crippen molar-refractivity contribution in [1.82, 2.24) is 14.4 Å². The highest BCUT2D eigenvalue weighted by atomic mass is 19.4. The van der Waals surface area contributed by atoms with E-state index in [9.17, 15) is 18.0 Å². The molecule has 158 valence electrons. The number of nitrogens with one attached hydrogen (secondary N) is 2. The number of anilines is 2. The van der Waals surface area contributed by atoms with Gasteiger partial charge in [-0.15, -0.1) is 13.2 Å². The van der Waals surface area contributed by atoms with Gasteiger partial charge in [-0.2, -0.15) is 0 Å². The maximum absolute atomic E-state index is 12.4. The summed E-state index contributed by atoms with van der Waals surface area (Å²) in [4.78, 5) is 21.0. The molecule has 10 heteroatoms. The summed E-state index contributed by atoms with van der Waals surface area (Å²) >= 11 is 0. The molecule has 31 heavy (non-hydrogen) atoms. The molecule has 0 aliphatic heterocycles. The first-order valence-electron chi connectivity index (χ1n) is 9.11. The Balaban J connectivity index is 1.47. The number of carbonyl (C=O) groups is 1. The Hall–Kier alpha value is -4.08. The second-order valence-electron chi connectivity index (χ2n) is 6.63. The number of hydrogen-bond donors (Lipinski definition) is 2. The summed E-state index contributed by atoms with van der Waals surface area (Å²) in [6.07, 6.45) is 0.554. The Bertz CT molecular complexity index is 1200. The van der Waals surface area contributed by atoms with Gasteiger partial charge in [-0.1, -0.05) is 12.1 Å². The first kappa shape index (κ1) is 20.2. The van der Waals surface area contributed by atoms with Crippen LogP contribution in [0.3, 0.4) is 0 Å². The maximum atomic E-state index is 12.4. The number of carbonyl (C=O) groups excluding carboxylic acids is 1. The molecule has 0 fully saturated rings. The van der Waals surface area contributed by atoms with Gasteiger partial charge in [-0.05, 0) is 48.9 Å². The molecule has 2 heterocycles. The van der Waals surface area contributed by atoms with Crippen molar-refractivity contribution in [3.05, 3.63) is 72.7 Å². The number of benzene rings is 2. The number of ether oxygens (including phenoxy) is 1. The lowest BCUT2D eigenvalue weighted by molar-refractivity contribution is -0.274. The third-order valence-electron chi connectivity index (χ3n) is 4.36. The number of rotatable bonds is 4. The lowest BCUT2D eigenvalue weighted by atomic mass is 10.1. The van der Waals surface area contributed by atoms with Crippen LogP contribution in [-0.4, -0.2) is 26.8 Å². The Morgan fingerprint density at radius 3 is 2.58 bits per heavy atom.